The van der Waals surface area contributed by atoms with Crippen LogP contribution >= 0.6 is 0 Å². The van der Waals surface area contributed by atoms with E-state index in [2.05, 4.69) is 10.3 Å². The van der Waals surface area contributed by atoms with Gasteiger partial charge in [0.15, 0.2) is 0 Å². The Hall–Kier alpha value is -1.58. The Labute approximate surface area is 89.7 Å². The number of aryl methyl sites for hydroxylation is 1. The molecule has 1 aromatic rings. The molecular formula is C11H16N2O2. The molecular weight excluding hydrogens is 192 g/mol. The molecule has 1 N–H and O–H groups in total. The number of ether oxygens (including phenoxy) is 1. The molecule has 0 bridgehead atoms. The molecule has 15 heavy (non-hydrogen) atoms. The predicted molar refractivity (Wildman–Crippen MR) is 59.2 cm³/mol. The first-order valence-corrected chi connectivity index (χ1v) is 4.92. The number of aromatic nitrogens is 1. The summed E-state index contributed by atoms with van der Waals surface area (Å²) in [7, 11) is 1.78. The van der Waals surface area contributed by atoms with Gasteiger partial charge in [-0.15, -0.1) is 0 Å². The second-order valence-corrected chi connectivity index (χ2v) is 3.23. The van der Waals surface area contributed by atoms with Crippen molar-refractivity contribution in [3.8, 4) is 0 Å². The summed E-state index contributed by atoms with van der Waals surface area (Å²) in [6.45, 7) is 5.99. The summed E-state index contributed by atoms with van der Waals surface area (Å²) in [6, 6.07) is 0. The highest BCUT2D eigenvalue weighted by Gasteiger charge is 2.15. The number of nitrogens with one attached hydrogen (secondary N) is 1. The van der Waals surface area contributed by atoms with Gasteiger partial charge >= 0.3 is 5.97 Å². The summed E-state index contributed by atoms with van der Waals surface area (Å²) < 4.78 is 4.95. The number of esters is 1. The lowest BCUT2D eigenvalue weighted by Gasteiger charge is -2.12. The summed E-state index contributed by atoms with van der Waals surface area (Å²) in [5.74, 6) is -0.336. The summed E-state index contributed by atoms with van der Waals surface area (Å²) in [6.07, 6.45) is 1.55. The van der Waals surface area contributed by atoms with E-state index < -0.39 is 0 Å². The fraction of sp³-hybridized carbons (Fsp3) is 0.455. The lowest BCUT2D eigenvalue weighted by Crippen LogP contribution is -2.10. The Morgan fingerprint density at radius 1 is 1.53 bits per heavy atom. The van der Waals surface area contributed by atoms with Crippen LogP contribution in [0.4, 0.5) is 5.69 Å². The highest BCUT2D eigenvalue weighted by atomic mass is 16.5. The molecule has 0 aliphatic carbocycles. The minimum atomic E-state index is -0.336. The van der Waals surface area contributed by atoms with Crippen LogP contribution in [0.3, 0.4) is 0 Å². The summed E-state index contributed by atoms with van der Waals surface area (Å²) >= 11 is 0. The molecule has 0 atom stereocenters. The van der Waals surface area contributed by atoms with Gasteiger partial charge in [-0.1, -0.05) is 0 Å². The second-order valence-electron chi connectivity index (χ2n) is 3.23. The van der Waals surface area contributed by atoms with Crippen molar-refractivity contribution < 1.29 is 9.53 Å². The van der Waals surface area contributed by atoms with Crippen LogP contribution in [0.15, 0.2) is 6.20 Å². The molecule has 0 radical (unpaired) electrons. The van der Waals surface area contributed by atoms with Crippen molar-refractivity contribution in [2.75, 3.05) is 19.0 Å². The zero-order valence-corrected chi connectivity index (χ0v) is 9.55. The molecule has 4 nitrogen and oxygen atoms in total. The number of anilines is 1. The average Bonchev–Trinajstić information content (AvgIpc) is 2.22. The predicted octanol–water partition coefficient (Wildman–Crippen LogP) is 1.92. The summed E-state index contributed by atoms with van der Waals surface area (Å²) in [5.41, 5.74) is 3.17. The third-order valence-electron chi connectivity index (χ3n) is 2.32. The quantitative estimate of drug-likeness (QED) is 0.771. The van der Waals surface area contributed by atoms with E-state index in [-0.39, 0.29) is 5.97 Å². The monoisotopic (exact) mass is 208 g/mol. The van der Waals surface area contributed by atoms with E-state index in [9.17, 15) is 4.79 Å². The van der Waals surface area contributed by atoms with Gasteiger partial charge < -0.3 is 10.1 Å². The van der Waals surface area contributed by atoms with E-state index in [1.54, 1.807) is 20.2 Å². The molecule has 0 aliphatic heterocycles. The van der Waals surface area contributed by atoms with Crippen molar-refractivity contribution in [3.05, 3.63) is 23.0 Å². The van der Waals surface area contributed by atoms with Crippen LogP contribution in [-0.2, 0) is 4.74 Å². The zero-order valence-electron chi connectivity index (χ0n) is 9.55. The molecule has 0 unspecified atom stereocenters. The lowest BCUT2D eigenvalue weighted by atomic mass is 10.1. The van der Waals surface area contributed by atoms with Crippen molar-refractivity contribution in [1.29, 1.82) is 0 Å². The third kappa shape index (κ3) is 2.26. The second kappa shape index (κ2) is 4.77. The van der Waals surface area contributed by atoms with Crippen LogP contribution in [0.1, 0.15) is 28.5 Å². The standard InChI is InChI=1S/C11H16N2O2/c1-5-15-11(14)9-6-13-8(3)7(2)10(9)12-4/h6H,5H2,1-4H3,(H,12,13). The van der Waals surface area contributed by atoms with Crippen molar-refractivity contribution in [2.24, 2.45) is 0 Å². The van der Waals surface area contributed by atoms with Crippen molar-refractivity contribution in [2.45, 2.75) is 20.8 Å². The van der Waals surface area contributed by atoms with Gasteiger partial charge in [-0.2, -0.15) is 0 Å². The first-order chi connectivity index (χ1) is 7.11. The van der Waals surface area contributed by atoms with Gasteiger partial charge in [0.1, 0.15) is 5.56 Å². The third-order valence-corrected chi connectivity index (χ3v) is 2.32. The molecule has 82 valence electrons. The van der Waals surface area contributed by atoms with Crippen LogP contribution in [0.2, 0.25) is 0 Å². The fourth-order valence-electron chi connectivity index (χ4n) is 1.39. The first kappa shape index (κ1) is 11.5. The highest BCUT2D eigenvalue weighted by Crippen LogP contribution is 2.22. The average molecular weight is 208 g/mol. The minimum absolute atomic E-state index is 0.336. The number of rotatable bonds is 3. The topological polar surface area (TPSA) is 51.2 Å². The molecule has 4 heteroatoms. The molecule has 1 rings (SSSR count). The fourth-order valence-corrected chi connectivity index (χ4v) is 1.39. The van der Waals surface area contributed by atoms with E-state index in [0.717, 1.165) is 16.9 Å². The maximum absolute atomic E-state index is 11.6. The van der Waals surface area contributed by atoms with E-state index >= 15 is 0 Å². The van der Waals surface area contributed by atoms with Crippen LogP contribution in [-0.4, -0.2) is 24.6 Å². The molecule has 0 fully saturated rings. The molecule has 0 aliphatic rings. The SMILES string of the molecule is CCOC(=O)c1cnc(C)c(C)c1NC. The summed E-state index contributed by atoms with van der Waals surface area (Å²) in [5, 5.41) is 3.00. The molecule has 0 saturated carbocycles. The van der Waals surface area contributed by atoms with Gasteiger partial charge in [0.25, 0.3) is 0 Å². The molecule has 1 aromatic heterocycles. The number of pyridine rings is 1. The lowest BCUT2D eigenvalue weighted by molar-refractivity contribution is 0.0527. The van der Waals surface area contributed by atoms with E-state index in [1.165, 1.54) is 0 Å². The van der Waals surface area contributed by atoms with Gasteiger partial charge in [-0.3, -0.25) is 4.98 Å². The van der Waals surface area contributed by atoms with Crippen LogP contribution in [0, 0.1) is 13.8 Å². The highest BCUT2D eigenvalue weighted by molar-refractivity contribution is 5.96. The van der Waals surface area contributed by atoms with Crippen LogP contribution < -0.4 is 5.32 Å². The Morgan fingerprint density at radius 3 is 2.73 bits per heavy atom. The number of nitrogens with zero attached hydrogens (tertiary/aromatic N) is 1. The van der Waals surface area contributed by atoms with E-state index in [4.69, 9.17) is 4.74 Å². The van der Waals surface area contributed by atoms with Crippen LogP contribution in [0.25, 0.3) is 0 Å². The van der Waals surface area contributed by atoms with E-state index in [1.807, 2.05) is 13.8 Å². The smallest absolute Gasteiger partial charge is 0.341 e. The van der Waals surface area contributed by atoms with Gasteiger partial charge in [0.05, 0.1) is 12.3 Å². The van der Waals surface area contributed by atoms with E-state index in [0.29, 0.717) is 12.2 Å². The molecule has 0 spiro atoms. The number of carbonyl (C=O) groups excluding carboxylic acids is 1. The van der Waals surface area contributed by atoms with Crippen molar-refractivity contribution >= 4 is 11.7 Å². The van der Waals surface area contributed by atoms with Crippen molar-refractivity contribution in [1.82, 2.24) is 4.98 Å². The first-order valence-electron chi connectivity index (χ1n) is 4.92. The minimum Gasteiger partial charge on any atom is -0.462 e. The number of hydrogen-bond acceptors (Lipinski definition) is 4. The number of hydrogen-bond donors (Lipinski definition) is 1. The molecule has 0 amide bonds. The number of carbonyl (C=O) groups is 1. The molecule has 1 heterocycles. The normalized spacial score (nSPS) is 9.87. The Bertz CT molecular complexity index is 375. The van der Waals surface area contributed by atoms with Crippen LogP contribution in [0.5, 0.6) is 0 Å². The Morgan fingerprint density at radius 2 is 2.20 bits per heavy atom. The molecule has 0 saturated heterocycles. The van der Waals surface area contributed by atoms with Gasteiger partial charge in [-0.05, 0) is 26.3 Å². The van der Waals surface area contributed by atoms with Gasteiger partial charge in [0.2, 0.25) is 0 Å². The molecule has 0 aromatic carbocycles. The van der Waals surface area contributed by atoms with Gasteiger partial charge in [0, 0.05) is 18.9 Å². The van der Waals surface area contributed by atoms with Gasteiger partial charge in [-0.25, -0.2) is 4.79 Å². The summed E-state index contributed by atoms with van der Waals surface area (Å²) in [4.78, 5) is 15.7. The Kier molecular flexibility index (Phi) is 3.66. The maximum atomic E-state index is 11.6. The largest absolute Gasteiger partial charge is 0.462 e. The maximum Gasteiger partial charge on any atom is 0.341 e. The zero-order chi connectivity index (χ0) is 11.4. The van der Waals surface area contributed by atoms with Crippen molar-refractivity contribution in [3.63, 3.8) is 0 Å². The Balaban J connectivity index is 3.18.